The van der Waals surface area contributed by atoms with Crippen LogP contribution < -0.4 is 0 Å². The number of unbranched alkanes of at least 4 members (excludes halogenated alkanes) is 1. The molecule has 1 fully saturated rings. The lowest BCUT2D eigenvalue weighted by Gasteiger charge is -2.43. The van der Waals surface area contributed by atoms with Gasteiger partial charge in [0.25, 0.3) is 0 Å². The van der Waals surface area contributed by atoms with Crippen LogP contribution in [0.2, 0.25) is 0 Å². The van der Waals surface area contributed by atoms with E-state index in [0.29, 0.717) is 30.9 Å². The zero-order valence-electron chi connectivity index (χ0n) is 36.7. The molecule has 8 nitrogen and oxygen atoms in total. The summed E-state index contributed by atoms with van der Waals surface area (Å²) in [7, 11) is 0. The lowest BCUT2D eigenvalue weighted by Crippen LogP contribution is -2.45. The number of ether oxygens (including phenoxy) is 3. The molecule has 9 heteroatoms. The second-order valence-corrected chi connectivity index (χ2v) is 20.7. The van der Waals surface area contributed by atoms with Crippen molar-refractivity contribution >= 4 is 35.6 Å². The van der Waals surface area contributed by atoms with Gasteiger partial charge in [-0.05, 0) is 54.8 Å². The molecule has 0 bridgehead atoms. The van der Waals surface area contributed by atoms with Crippen molar-refractivity contribution in [1.29, 1.82) is 0 Å². The molecule has 4 unspecified atom stereocenters. The summed E-state index contributed by atoms with van der Waals surface area (Å²) >= 11 is 1.73. The van der Waals surface area contributed by atoms with Crippen molar-refractivity contribution in [1.82, 2.24) is 0 Å². The van der Waals surface area contributed by atoms with Gasteiger partial charge >= 0.3 is 23.9 Å². The number of carbonyl (C=O) groups excluding carboxylic acids is 3. The maximum atomic E-state index is 13.6. The van der Waals surface area contributed by atoms with E-state index in [1.807, 2.05) is 27.7 Å². The van der Waals surface area contributed by atoms with Crippen molar-refractivity contribution in [3.63, 3.8) is 0 Å². The van der Waals surface area contributed by atoms with Gasteiger partial charge in [0.05, 0.1) is 23.7 Å². The smallest absolute Gasteiger partial charge is 0.312 e. The topological polar surface area (TPSA) is 116 Å². The summed E-state index contributed by atoms with van der Waals surface area (Å²) in [5, 5.41) is 9.68. The quantitative estimate of drug-likeness (QED) is 0.114. The molecule has 1 saturated carbocycles. The maximum absolute atomic E-state index is 13.6. The predicted molar refractivity (Wildman–Crippen MR) is 217 cm³/mol. The summed E-state index contributed by atoms with van der Waals surface area (Å²) in [5.41, 5.74) is -1.23. The van der Waals surface area contributed by atoms with E-state index < -0.39 is 52.6 Å². The minimum Gasteiger partial charge on any atom is -0.481 e. The van der Waals surface area contributed by atoms with Gasteiger partial charge in [-0.2, -0.15) is 11.8 Å². The molecule has 0 aromatic carbocycles. The third-order valence-electron chi connectivity index (χ3n) is 10.2. The minimum atomic E-state index is -1.04. The van der Waals surface area contributed by atoms with Gasteiger partial charge in [0.15, 0.2) is 6.10 Å². The van der Waals surface area contributed by atoms with Crippen LogP contribution in [0.15, 0.2) is 0 Å². The Morgan fingerprint density at radius 1 is 0.750 bits per heavy atom. The highest BCUT2D eigenvalue weighted by atomic mass is 32.2. The first-order chi connectivity index (χ1) is 23.6. The van der Waals surface area contributed by atoms with Gasteiger partial charge in [0.1, 0.15) is 13.2 Å². The highest BCUT2D eigenvalue weighted by molar-refractivity contribution is 8.00. The van der Waals surface area contributed by atoms with Crippen LogP contribution in [0.5, 0.6) is 0 Å². The molecular formula is C43H82O8S. The second-order valence-electron chi connectivity index (χ2n) is 18.9. The Morgan fingerprint density at radius 3 is 1.65 bits per heavy atom. The summed E-state index contributed by atoms with van der Waals surface area (Å²) in [6.07, 6.45) is 6.90. The molecule has 0 heterocycles. The molecule has 0 aliphatic heterocycles. The summed E-state index contributed by atoms with van der Waals surface area (Å²) in [6, 6.07) is 0. The zero-order valence-corrected chi connectivity index (χ0v) is 37.5. The molecule has 1 aliphatic rings. The van der Waals surface area contributed by atoms with Crippen molar-refractivity contribution < 1.29 is 38.5 Å². The number of aliphatic carboxylic acids is 1. The van der Waals surface area contributed by atoms with Crippen molar-refractivity contribution in [2.45, 2.75) is 193 Å². The molecule has 0 aromatic heterocycles. The fraction of sp³-hybridized carbons (Fsp3) is 0.907. The average molecular weight is 759 g/mol. The number of carbonyl (C=O) groups is 4. The van der Waals surface area contributed by atoms with Crippen LogP contribution in [0.3, 0.4) is 0 Å². The largest absolute Gasteiger partial charge is 0.481 e. The molecular weight excluding hydrogens is 677 g/mol. The normalized spacial score (nSPS) is 18.4. The molecule has 0 saturated heterocycles. The van der Waals surface area contributed by atoms with Crippen LogP contribution in [-0.2, 0) is 33.4 Å². The number of hydrogen-bond acceptors (Lipinski definition) is 8. The first kappa shape index (κ1) is 52.3. The SMILES string of the molecule is CC(C)C(C)(C)CC(C)(C)SCCC(=O)OCC(COC(=O)C(C)(CC(C)(C)C)C(C)(C)C)OC(=O)C1CCCCC1C(=O)O.CCC.CCCC. The molecule has 52 heavy (non-hydrogen) atoms. The van der Waals surface area contributed by atoms with Crippen LogP contribution >= 0.6 is 11.8 Å². The maximum Gasteiger partial charge on any atom is 0.312 e. The van der Waals surface area contributed by atoms with E-state index in [-0.39, 0.29) is 35.2 Å². The van der Waals surface area contributed by atoms with E-state index in [9.17, 15) is 24.3 Å². The number of rotatable bonds is 17. The van der Waals surface area contributed by atoms with Crippen LogP contribution in [0.1, 0.15) is 182 Å². The van der Waals surface area contributed by atoms with Crippen LogP contribution in [0, 0.1) is 39.4 Å². The van der Waals surface area contributed by atoms with Gasteiger partial charge in [0, 0.05) is 10.5 Å². The number of hydrogen-bond donors (Lipinski definition) is 1. The third-order valence-corrected chi connectivity index (χ3v) is 11.6. The third kappa shape index (κ3) is 20.6. The van der Waals surface area contributed by atoms with E-state index >= 15 is 0 Å². The summed E-state index contributed by atoms with van der Waals surface area (Å²) < 4.78 is 17.1. The summed E-state index contributed by atoms with van der Waals surface area (Å²) in [5.74, 6) is -3.02. The molecule has 1 aliphatic carbocycles. The minimum absolute atomic E-state index is 0.0201. The molecule has 4 atom stereocenters. The van der Waals surface area contributed by atoms with Crippen LogP contribution in [-0.4, -0.2) is 58.8 Å². The Balaban J connectivity index is 0. The van der Waals surface area contributed by atoms with Gasteiger partial charge in [-0.1, -0.05) is 143 Å². The highest BCUT2D eigenvalue weighted by Gasteiger charge is 2.48. The van der Waals surface area contributed by atoms with E-state index in [1.165, 1.54) is 19.3 Å². The second kappa shape index (κ2) is 23.9. The van der Waals surface area contributed by atoms with E-state index in [1.54, 1.807) is 11.8 Å². The van der Waals surface area contributed by atoms with E-state index in [4.69, 9.17) is 14.2 Å². The van der Waals surface area contributed by atoms with Gasteiger partial charge in [0.2, 0.25) is 0 Å². The lowest BCUT2D eigenvalue weighted by atomic mass is 9.61. The van der Waals surface area contributed by atoms with Crippen molar-refractivity contribution in [2.75, 3.05) is 19.0 Å². The monoisotopic (exact) mass is 759 g/mol. The highest BCUT2D eigenvalue weighted by Crippen LogP contribution is 2.47. The van der Waals surface area contributed by atoms with Gasteiger partial charge in [-0.25, -0.2) is 0 Å². The lowest BCUT2D eigenvalue weighted by molar-refractivity contribution is -0.179. The molecule has 308 valence electrons. The fourth-order valence-corrected chi connectivity index (χ4v) is 7.42. The Bertz CT molecular complexity index is 1050. The van der Waals surface area contributed by atoms with Gasteiger partial charge in [-0.15, -0.1) is 0 Å². The summed E-state index contributed by atoms with van der Waals surface area (Å²) in [4.78, 5) is 51.4. The Hall–Kier alpha value is -1.77. The van der Waals surface area contributed by atoms with Crippen molar-refractivity contribution in [3.8, 4) is 0 Å². The summed E-state index contributed by atoms with van der Waals surface area (Å²) in [6.45, 7) is 35.5. The molecule has 0 spiro atoms. The number of carboxylic acid groups (broad SMARTS) is 1. The van der Waals surface area contributed by atoms with Crippen LogP contribution in [0.25, 0.3) is 0 Å². The number of carboxylic acids is 1. The van der Waals surface area contributed by atoms with Crippen LogP contribution in [0.4, 0.5) is 0 Å². The first-order valence-corrected chi connectivity index (χ1v) is 21.0. The molecule has 0 amide bonds. The average Bonchev–Trinajstić information content (AvgIpc) is 3.00. The molecule has 0 aromatic rings. The standard InChI is InChI=1S/C36H64O8S.C4H10.C3H8/c1-24(2)34(9,10)23-35(11,12)45-19-18-28(37)42-20-25(44-30(40)27-17-15-14-16-26(27)29(38)39)21-43-31(41)36(13,33(6,7)8)22-32(3,4)5;1-3-4-2;1-3-2/h24-27H,14-23H2,1-13H3,(H,38,39);3-4H2,1-2H3;3H2,1-2H3. The Labute approximate surface area is 324 Å². The van der Waals surface area contributed by atoms with E-state index in [2.05, 4.69) is 90.0 Å². The van der Waals surface area contributed by atoms with Crippen molar-refractivity contribution in [2.24, 2.45) is 39.4 Å². The van der Waals surface area contributed by atoms with Gasteiger partial charge < -0.3 is 19.3 Å². The first-order valence-electron chi connectivity index (χ1n) is 20.0. The van der Waals surface area contributed by atoms with E-state index in [0.717, 1.165) is 19.3 Å². The molecule has 1 rings (SSSR count). The number of esters is 3. The Morgan fingerprint density at radius 2 is 1.23 bits per heavy atom. The van der Waals surface area contributed by atoms with Crippen molar-refractivity contribution in [3.05, 3.63) is 0 Å². The number of thioether (sulfide) groups is 1. The fourth-order valence-electron chi connectivity index (χ4n) is 6.13. The zero-order chi connectivity index (χ0) is 41.1. The predicted octanol–water partition coefficient (Wildman–Crippen LogP) is 11.6. The molecule has 1 N–H and O–H groups in total. The van der Waals surface area contributed by atoms with Gasteiger partial charge in [-0.3, -0.25) is 19.2 Å². The Kier molecular flexibility index (Phi) is 24.0. The molecule has 0 radical (unpaired) electrons.